The lowest BCUT2D eigenvalue weighted by atomic mass is 10.1. The summed E-state index contributed by atoms with van der Waals surface area (Å²) in [5, 5.41) is 16.0. The molecule has 1 saturated heterocycles. The van der Waals surface area contributed by atoms with E-state index in [2.05, 4.69) is 20.2 Å². The molecule has 4 rings (SSSR count). The Morgan fingerprint density at radius 2 is 2.07 bits per heavy atom. The molecule has 1 atom stereocenters. The van der Waals surface area contributed by atoms with Crippen LogP contribution >= 0.6 is 0 Å². The molecule has 1 unspecified atom stereocenters. The molecular formula is C19H18N6O2S. The molecule has 142 valence electrons. The van der Waals surface area contributed by atoms with Crippen LogP contribution in [-0.2, 0) is 16.4 Å². The van der Waals surface area contributed by atoms with Gasteiger partial charge in [-0.2, -0.15) is 14.7 Å². The number of rotatable bonds is 5. The van der Waals surface area contributed by atoms with Gasteiger partial charge in [0.2, 0.25) is 10.0 Å². The molecule has 1 aliphatic rings. The van der Waals surface area contributed by atoms with Gasteiger partial charge in [-0.3, -0.25) is 10.1 Å². The zero-order chi connectivity index (χ0) is 19.6. The number of nitrogens with zero attached hydrogens (tertiary/aromatic N) is 5. The summed E-state index contributed by atoms with van der Waals surface area (Å²) in [6.07, 6.45) is 4.79. The van der Waals surface area contributed by atoms with Crippen LogP contribution in [0.15, 0.2) is 53.7 Å². The van der Waals surface area contributed by atoms with Gasteiger partial charge < -0.3 is 0 Å². The summed E-state index contributed by atoms with van der Waals surface area (Å²) in [5.74, 6) is 1.49. The van der Waals surface area contributed by atoms with E-state index in [0.717, 1.165) is 17.8 Å². The van der Waals surface area contributed by atoms with E-state index in [1.54, 1.807) is 12.4 Å². The van der Waals surface area contributed by atoms with Crippen molar-refractivity contribution >= 4 is 10.0 Å². The van der Waals surface area contributed by atoms with E-state index >= 15 is 0 Å². The van der Waals surface area contributed by atoms with E-state index in [-0.39, 0.29) is 10.8 Å². The Kier molecular flexibility index (Phi) is 4.90. The van der Waals surface area contributed by atoms with Crippen molar-refractivity contribution in [1.82, 2.24) is 24.5 Å². The van der Waals surface area contributed by atoms with Gasteiger partial charge in [-0.1, -0.05) is 0 Å². The van der Waals surface area contributed by atoms with Crippen LogP contribution in [0.2, 0.25) is 0 Å². The molecule has 8 nitrogen and oxygen atoms in total. The quantitative estimate of drug-likeness (QED) is 0.707. The number of nitriles is 1. The second kappa shape index (κ2) is 7.50. The Morgan fingerprint density at radius 3 is 2.79 bits per heavy atom. The van der Waals surface area contributed by atoms with Crippen molar-refractivity contribution in [1.29, 1.82) is 5.26 Å². The first-order valence-electron chi connectivity index (χ1n) is 8.88. The molecule has 28 heavy (non-hydrogen) atoms. The predicted octanol–water partition coefficient (Wildman–Crippen LogP) is 1.99. The lowest BCUT2D eigenvalue weighted by molar-refractivity contribution is 0.453. The molecule has 1 N–H and O–H groups in total. The summed E-state index contributed by atoms with van der Waals surface area (Å²) < 4.78 is 27.1. The molecule has 0 aliphatic carbocycles. The fraction of sp³-hybridized carbons (Fsp3) is 0.263. The smallest absolute Gasteiger partial charge is 0.243 e. The molecule has 1 fully saturated rings. The number of H-pyrrole nitrogens is 1. The molecule has 1 aliphatic heterocycles. The summed E-state index contributed by atoms with van der Waals surface area (Å²) in [7, 11) is -3.56. The minimum atomic E-state index is -3.56. The number of nitrogens with one attached hydrogen (secondary N) is 1. The zero-order valence-electron chi connectivity index (χ0n) is 15.0. The molecule has 9 heteroatoms. The molecular weight excluding hydrogens is 376 g/mol. The maximum absolute atomic E-state index is 12.8. The van der Waals surface area contributed by atoms with Gasteiger partial charge in [-0.25, -0.2) is 13.4 Å². The van der Waals surface area contributed by atoms with Crippen molar-refractivity contribution < 1.29 is 8.42 Å². The van der Waals surface area contributed by atoms with E-state index in [9.17, 15) is 8.42 Å². The van der Waals surface area contributed by atoms with Crippen molar-refractivity contribution in [2.45, 2.75) is 17.7 Å². The highest BCUT2D eigenvalue weighted by Gasteiger charge is 2.33. The van der Waals surface area contributed by atoms with E-state index < -0.39 is 10.0 Å². The molecule has 0 radical (unpaired) electrons. The summed E-state index contributed by atoms with van der Waals surface area (Å²) >= 11 is 0. The lowest BCUT2D eigenvalue weighted by Crippen LogP contribution is -2.29. The van der Waals surface area contributed by atoms with Gasteiger partial charge in [0.25, 0.3) is 0 Å². The first-order valence-corrected chi connectivity index (χ1v) is 10.3. The highest BCUT2D eigenvalue weighted by Crippen LogP contribution is 2.26. The van der Waals surface area contributed by atoms with E-state index in [1.165, 1.54) is 28.6 Å². The van der Waals surface area contributed by atoms with Gasteiger partial charge >= 0.3 is 0 Å². The average Bonchev–Trinajstić information content (AvgIpc) is 3.39. The van der Waals surface area contributed by atoms with Gasteiger partial charge in [0.1, 0.15) is 5.82 Å². The molecule has 0 saturated carbocycles. The van der Waals surface area contributed by atoms with Crippen molar-refractivity contribution in [3.05, 3.63) is 60.2 Å². The Morgan fingerprint density at radius 1 is 1.25 bits per heavy atom. The van der Waals surface area contributed by atoms with Crippen LogP contribution in [0.25, 0.3) is 11.4 Å². The van der Waals surface area contributed by atoms with Crippen molar-refractivity contribution in [3.63, 3.8) is 0 Å². The van der Waals surface area contributed by atoms with Crippen LogP contribution < -0.4 is 0 Å². The largest absolute Gasteiger partial charge is 0.264 e. The molecule has 3 aromatic rings. The molecule has 0 spiro atoms. The number of aromatic nitrogens is 4. The highest BCUT2D eigenvalue weighted by atomic mass is 32.2. The zero-order valence-corrected chi connectivity index (χ0v) is 15.8. The monoisotopic (exact) mass is 394 g/mol. The highest BCUT2D eigenvalue weighted by molar-refractivity contribution is 7.89. The SMILES string of the molecule is N#Cc1ccc(S(=O)(=O)N2CCC(Cc3nc(-c4cccnc4)n[nH]3)C2)cc1. The number of hydrogen-bond acceptors (Lipinski definition) is 6. The fourth-order valence-corrected chi connectivity index (χ4v) is 4.85. The maximum atomic E-state index is 12.8. The lowest BCUT2D eigenvalue weighted by Gasteiger charge is -2.16. The van der Waals surface area contributed by atoms with Crippen LogP contribution in [0.3, 0.4) is 0 Å². The second-order valence-electron chi connectivity index (χ2n) is 6.71. The summed E-state index contributed by atoms with van der Waals surface area (Å²) in [6, 6.07) is 11.7. The molecule has 0 bridgehead atoms. The molecule has 3 heterocycles. The van der Waals surface area contributed by atoms with E-state index in [0.29, 0.717) is 30.9 Å². The Hall–Kier alpha value is -3.09. The number of hydrogen-bond donors (Lipinski definition) is 1. The summed E-state index contributed by atoms with van der Waals surface area (Å²) in [5.41, 5.74) is 1.27. The predicted molar refractivity (Wildman–Crippen MR) is 101 cm³/mol. The summed E-state index contributed by atoms with van der Waals surface area (Å²) in [4.78, 5) is 8.78. The first-order chi connectivity index (χ1) is 13.6. The maximum Gasteiger partial charge on any atom is 0.243 e. The van der Waals surface area contributed by atoms with Crippen molar-refractivity contribution in [2.24, 2.45) is 5.92 Å². The number of pyridine rings is 1. The Labute approximate surface area is 162 Å². The minimum absolute atomic E-state index is 0.169. The Bertz CT molecular complexity index is 1100. The molecule has 1 aromatic carbocycles. The normalized spacial score (nSPS) is 17.5. The van der Waals surface area contributed by atoms with Crippen LogP contribution in [0.5, 0.6) is 0 Å². The third-order valence-corrected chi connectivity index (χ3v) is 6.68. The second-order valence-corrected chi connectivity index (χ2v) is 8.64. The summed E-state index contributed by atoms with van der Waals surface area (Å²) in [6.45, 7) is 0.905. The first kappa shape index (κ1) is 18.3. The average molecular weight is 394 g/mol. The van der Waals surface area contributed by atoms with E-state index in [4.69, 9.17) is 5.26 Å². The third-order valence-electron chi connectivity index (χ3n) is 4.80. The van der Waals surface area contributed by atoms with Gasteiger partial charge in [-0.15, -0.1) is 0 Å². The standard InChI is InChI=1S/C19H18N6O2S/c20-11-14-3-5-17(6-4-14)28(26,27)25-9-7-15(13-25)10-18-22-19(24-23-18)16-2-1-8-21-12-16/h1-6,8,12,15H,7,9-10,13H2,(H,22,23,24). The van der Waals surface area contributed by atoms with Gasteiger partial charge in [0.15, 0.2) is 5.82 Å². The van der Waals surface area contributed by atoms with Gasteiger partial charge in [0.05, 0.1) is 16.5 Å². The fourth-order valence-electron chi connectivity index (χ4n) is 3.32. The minimum Gasteiger partial charge on any atom is -0.264 e. The third kappa shape index (κ3) is 3.65. The topological polar surface area (TPSA) is 116 Å². The number of benzene rings is 1. The van der Waals surface area contributed by atoms with Crippen LogP contribution in [-0.4, -0.2) is 46.0 Å². The molecule has 2 aromatic heterocycles. The van der Waals surface area contributed by atoms with Crippen molar-refractivity contribution in [2.75, 3.05) is 13.1 Å². The van der Waals surface area contributed by atoms with Crippen molar-refractivity contribution in [3.8, 4) is 17.5 Å². The van der Waals surface area contributed by atoms with E-state index in [1.807, 2.05) is 18.2 Å². The van der Waals surface area contributed by atoms with Crippen LogP contribution in [0.4, 0.5) is 0 Å². The number of aromatic amines is 1. The van der Waals surface area contributed by atoms with Crippen LogP contribution in [0, 0.1) is 17.2 Å². The molecule has 0 amide bonds. The Balaban J connectivity index is 1.43. The van der Waals surface area contributed by atoms with Gasteiger partial charge in [-0.05, 0) is 48.7 Å². The van der Waals surface area contributed by atoms with Gasteiger partial charge in [0, 0.05) is 37.5 Å². The van der Waals surface area contributed by atoms with Crippen LogP contribution in [0.1, 0.15) is 17.8 Å². The number of sulfonamides is 1.